The van der Waals surface area contributed by atoms with E-state index in [2.05, 4.69) is 83.9 Å². The number of anilines is 3. The number of nitrogens with one attached hydrogen (secondary N) is 3. The molecule has 18 nitrogen and oxygen atoms in total. The summed E-state index contributed by atoms with van der Waals surface area (Å²) in [7, 11) is -1.62. The van der Waals surface area contributed by atoms with Crippen molar-refractivity contribution in [1.29, 1.82) is 0 Å². The average molecular weight is 1130 g/mol. The summed E-state index contributed by atoms with van der Waals surface area (Å²) in [4.78, 5) is 38.1. The smallest absolute Gasteiger partial charge is 0.268 e. The molecule has 5 fully saturated rings. The first kappa shape index (κ1) is 56.3. The molecule has 2 aliphatic heterocycles. The number of amides is 1. The number of methoxy groups -OCH3 is 1. The van der Waals surface area contributed by atoms with Crippen molar-refractivity contribution in [2.45, 2.75) is 133 Å². The van der Waals surface area contributed by atoms with E-state index in [1.165, 1.54) is 61.0 Å². The number of aliphatic hydroxyl groups is 1. The molecular formula is C61H76FN10O8S-. The van der Waals surface area contributed by atoms with Gasteiger partial charge in [0.1, 0.15) is 33.7 Å². The summed E-state index contributed by atoms with van der Waals surface area (Å²) in [5.74, 6) is 0.747. The standard InChI is InChI=1S/C61H76FN10O8S/c1-7-79-59-54(29-48-49(62)35-66-56(48)67-59)80-52-27-42(14-15-47(52)58(73)68-81(76,77)44-28-50(69(5)75)57(65-34-44)64-32-39-16-18-60(4,74)19-17-39)71-22-20-61(21-23-71)30-43(31-61)72-25-24-70(37-51(72)46-11-9-8-10-45(46)38(2)3)36-40-26-53(78-6)55(63-33-40)41-12-13-41/h8-11,14-15,26-29,33-35,38-39,41,43,51,74H,7,12-13,16-25,30-32,36-37H2,1-6H3,(H,64,65)(H,66,67)(H,68,73)/q-1. The van der Waals surface area contributed by atoms with Gasteiger partial charge < -0.3 is 44.8 Å². The maximum absolute atomic E-state index is 15.1. The highest BCUT2D eigenvalue weighted by atomic mass is 32.2. The molecule has 11 rings (SSSR count). The van der Waals surface area contributed by atoms with Gasteiger partial charge in [0.15, 0.2) is 5.75 Å². The topological polar surface area (TPSA) is 214 Å². The minimum absolute atomic E-state index is 0.00153. The van der Waals surface area contributed by atoms with Crippen molar-refractivity contribution in [2.24, 2.45) is 11.3 Å². The van der Waals surface area contributed by atoms with Crippen LogP contribution in [0.15, 0.2) is 84.1 Å². The van der Waals surface area contributed by atoms with E-state index >= 15 is 4.39 Å². The molecule has 4 N–H and O–H groups in total. The number of nitrogens with zero attached hydrogens (tertiary/aromatic N) is 7. The monoisotopic (exact) mass is 1130 g/mol. The van der Waals surface area contributed by atoms with Gasteiger partial charge in [-0.05, 0) is 143 Å². The highest BCUT2D eigenvalue weighted by molar-refractivity contribution is 7.90. The number of hydrogen-bond acceptors (Lipinski definition) is 16. The molecule has 6 heterocycles. The molecule has 20 heteroatoms. The lowest BCUT2D eigenvalue weighted by atomic mass is 9.59. The number of piperidine rings is 1. The summed E-state index contributed by atoms with van der Waals surface area (Å²) in [5, 5.41) is 27.1. The molecule has 1 spiro atoms. The Bertz CT molecular complexity index is 3360. The van der Waals surface area contributed by atoms with Crippen molar-refractivity contribution in [3.05, 3.63) is 118 Å². The number of fused-ring (bicyclic) bond motifs is 1. The van der Waals surface area contributed by atoms with Crippen LogP contribution in [-0.2, 0) is 16.6 Å². The molecule has 4 aromatic heterocycles. The largest absolute Gasteiger partial charge is 0.758 e. The van der Waals surface area contributed by atoms with E-state index in [4.69, 9.17) is 19.2 Å². The van der Waals surface area contributed by atoms with Crippen LogP contribution in [-0.4, -0.2) is 121 Å². The lowest BCUT2D eigenvalue weighted by Crippen LogP contribution is -2.60. The average Bonchev–Trinajstić information content (AvgIpc) is 4.30. The lowest BCUT2D eigenvalue weighted by molar-refractivity contribution is -0.0628. The molecule has 1 atom stereocenters. The number of aromatic amines is 1. The third-order valence-corrected chi connectivity index (χ3v) is 19.0. The second kappa shape index (κ2) is 23.0. The Morgan fingerprint density at radius 3 is 2.44 bits per heavy atom. The molecule has 432 valence electrons. The SMILES string of the molecule is CCOc1nc2[nH]cc(F)c2cc1Oc1cc(N2CCC3(CC2)CC(N2CCN(Cc4cnc(C5CC5)c(OC)c4)CC2c2ccccc2C(C)C)C3)ccc1C(=O)NS(=O)(=O)c1cnc(NCC2CCC(C)(O)CC2)c(N(C)[O-])c1. The number of hydrogen-bond donors (Lipinski definition) is 4. The highest BCUT2D eigenvalue weighted by Gasteiger charge is 2.50. The van der Waals surface area contributed by atoms with Crippen molar-refractivity contribution in [3.8, 4) is 23.1 Å². The fraction of sp³-hybridized carbons (Fsp3) is 0.508. The first-order chi connectivity index (χ1) is 38.9. The van der Waals surface area contributed by atoms with Gasteiger partial charge in [0.05, 0.1) is 41.6 Å². The Balaban J connectivity index is 0.804. The van der Waals surface area contributed by atoms with Crippen LogP contribution < -0.4 is 34.2 Å². The van der Waals surface area contributed by atoms with E-state index in [-0.39, 0.29) is 69.5 Å². The van der Waals surface area contributed by atoms with Crippen molar-refractivity contribution in [3.63, 3.8) is 0 Å². The summed E-state index contributed by atoms with van der Waals surface area (Å²) >= 11 is 0. The summed E-state index contributed by atoms with van der Waals surface area (Å²) in [6.45, 7) is 14.0. The van der Waals surface area contributed by atoms with Crippen molar-refractivity contribution in [2.75, 3.05) is 75.3 Å². The summed E-state index contributed by atoms with van der Waals surface area (Å²) < 4.78 is 63.5. The van der Waals surface area contributed by atoms with E-state index in [0.29, 0.717) is 42.3 Å². The Labute approximate surface area is 474 Å². The van der Waals surface area contributed by atoms with Gasteiger partial charge in [0.25, 0.3) is 21.8 Å². The number of carbonyl (C=O) groups is 1. The van der Waals surface area contributed by atoms with Crippen molar-refractivity contribution < 1.29 is 36.9 Å². The Kier molecular flexibility index (Phi) is 16.0. The van der Waals surface area contributed by atoms with Crippen LogP contribution in [0, 0.1) is 22.4 Å². The molecule has 0 radical (unpaired) electrons. The number of halogens is 1. The number of ether oxygens (including phenoxy) is 3. The number of sulfonamides is 1. The van der Waals surface area contributed by atoms with Gasteiger partial charge in [-0.2, -0.15) is 4.98 Å². The molecule has 3 saturated carbocycles. The molecule has 2 aromatic carbocycles. The Morgan fingerprint density at radius 2 is 1.73 bits per heavy atom. The highest BCUT2D eigenvalue weighted by Crippen LogP contribution is 2.54. The third kappa shape index (κ3) is 12.2. The van der Waals surface area contributed by atoms with Crippen LogP contribution in [0.4, 0.5) is 21.6 Å². The van der Waals surface area contributed by atoms with Gasteiger partial charge in [-0.15, -0.1) is 0 Å². The first-order valence-corrected chi connectivity index (χ1v) is 30.3. The number of pyridine rings is 3. The van der Waals surface area contributed by atoms with Crippen LogP contribution in [0.25, 0.3) is 11.0 Å². The second-order valence-electron chi connectivity index (χ2n) is 23.9. The van der Waals surface area contributed by atoms with Crippen LogP contribution in [0.2, 0.25) is 0 Å². The van der Waals surface area contributed by atoms with E-state index in [9.17, 15) is 23.5 Å². The first-order valence-electron chi connectivity index (χ1n) is 28.8. The Morgan fingerprint density at radius 1 is 0.963 bits per heavy atom. The molecule has 81 heavy (non-hydrogen) atoms. The van der Waals surface area contributed by atoms with Gasteiger partial charge in [-0.1, -0.05) is 38.1 Å². The zero-order valence-electron chi connectivity index (χ0n) is 47.3. The quantitative estimate of drug-likeness (QED) is 0.0555. The van der Waals surface area contributed by atoms with Crippen molar-refractivity contribution in [1.82, 2.24) is 34.5 Å². The number of H-pyrrole nitrogens is 1. The number of benzene rings is 2. The number of piperazine rings is 1. The predicted octanol–water partition coefficient (Wildman–Crippen LogP) is 10.4. The predicted molar refractivity (Wildman–Crippen MR) is 310 cm³/mol. The van der Waals surface area contributed by atoms with Crippen molar-refractivity contribution >= 4 is 44.2 Å². The van der Waals surface area contributed by atoms with Gasteiger partial charge in [0, 0.05) is 100 Å². The normalized spacial score (nSPS) is 21.7. The summed E-state index contributed by atoms with van der Waals surface area (Å²) in [6.07, 6.45) is 13.7. The fourth-order valence-corrected chi connectivity index (χ4v) is 13.8. The van der Waals surface area contributed by atoms with Crippen LogP contribution in [0.1, 0.15) is 143 Å². The summed E-state index contributed by atoms with van der Waals surface area (Å²) in [5.41, 5.74) is 5.40. The maximum Gasteiger partial charge on any atom is 0.268 e. The molecule has 5 aliphatic rings. The van der Waals surface area contributed by atoms with Gasteiger partial charge >= 0.3 is 0 Å². The lowest BCUT2D eigenvalue weighted by Gasteiger charge is -2.58. The maximum atomic E-state index is 15.1. The summed E-state index contributed by atoms with van der Waals surface area (Å²) in [6, 6.07) is 19.5. The van der Waals surface area contributed by atoms with E-state index in [0.717, 1.165) is 101 Å². The molecule has 1 amide bonds. The van der Waals surface area contributed by atoms with Crippen LogP contribution in [0.5, 0.6) is 23.1 Å². The number of hydroxylamine groups is 1. The molecule has 1 unspecified atom stereocenters. The minimum Gasteiger partial charge on any atom is -0.758 e. The Hall–Kier alpha value is -6.58. The van der Waals surface area contributed by atoms with E-state index in [1.54, 1.807) is 26.2 Å². The molecule has 2 saturated heterocycles. The number of carbonyl (C=O) groups excluding carboxylic acids is 1. The number of rotatable bonds is 19. The van der Waals surface area contributed by atoms with Gasteiger partial charge in [-0.3, -0.25) is 19.6 Å². The molecule has 0 bridgehead atoms. The third-order valence-electron chi connectivity index (χ3n) is 17.7. The minimum atomic E-state index is -4.61. The van der Waals surface area contributed by atoms with Gasteiger partial charge in [-0.25, -0.2) is 22.5 Å². The molecular weight excluding hydrogens is 1050 g/mol. The second-order valence-corrected chi connectivity index (χ2v) is 25.5. The van der Waals surface area contributed by atoms with Crippen LogP contribution in [0.3, 0.4) is 0 Å². The zero-order chi connectivity index (χ0) is 56.8. The fourth-order valence-electron chi connectivity index (χ4n) is 12.9. The van der Waals surface area contributed by atoms with Gasteiger partial charge in [0.2, 0.25) is 0 Å². The number of aromatic nitrogens is 4. The van der Waals surface area contributed by atoms with E-state index in [1.807, 2.05) is 13.1 Å². The molecule has 6 aromatic rings. The van der Waals surface area contributed by atoms with E-state index < -0.39 is 32.2 Å². The zero-order valence-corrected chi connectivity index (χ0v) is 48.2. The molecule has 3 aliphatic carbocycles. The van der Waals surface area contributed by atoms with Crippen LogP contribution >= 0.6 is 0 Å².